The van der Waals surface area contributed by atoms with E-state index < -0.39 is 5.91 Å². The molecule has 5 nitrogen and oxygen atoms in total. The molecule has 0 aliphatic carbocycles. The van der Waals surface area contributed by atoms with Crippen molar-refractivity contribution in [2.75, 3.05) is 18.4 Å². The van der Waals surface area contributed by atoms with Crippen LogP contribution in [0.4, 0.5) is 5.69 Å². The molecule has 0 saturated carbocycles. The standard InChI is InChI=1S/C16H20N4O/c1-16(6-8-18-9-7-16)20-14-11-4-2-3-5-13(11)19-10-12(14)15(17)21/h2-5,10,18H,6-9H2,1H3,(H2,17,21)(H,19,20). The van der Waals surface area contributed by atoms with Crippen LogP contribution in [0, 0.1) is 0 Å². The number of nitrogens with two attached hydrogens (primary N) is 1. The SMILES string of the molecule is CC1(Nc2c(C(N)=O)cnc3ccccc23)CCNCC1. The third-order valence-electron chi connectivity index (χ3n) is 4.17. The molecular formula is C16H20N4O. The highest BCUT2D eigenvalue weighted by Crippen LogP contribution is 2.31. The summed E-state index contributed by atoms with van der Waals surface area (Å²) in [4.78, 5) is 16.1. The van der Waals surface area contributed by atoms with Crippen LogP contribution >= 0.6 is 0 Å². The normalized spacial score (nSPS) is 17.6. The molecule has 1 aliphatic rings. The molecule has 2 aromatic rings. The number of pyridine rings is 1. The van der Waals surface area contributed by atoms with Gasteiger partial charge in [0, 0.05) is 17.1 Å². The summed E-state index contributed by atoms with van der Waals surface area (Å²) in [5, 5.41) is 7.86. The molecule has 0 spiro atoms. The maximum absolute atomic E-state index is 11.7. The van der Waals surface area contributed by atoms with Gasteiger partial charge in [-0.3, -0.25) is 9.78 Å². The first-order valence-corrected chi connectivity index (χ1v) is 7.25. The quantitative estimate of drug-likeness (QED) is 0.804. The van der Waals surface area contributed by atoms with E-state index in [0.717, 1.165) is 42.5 Å². The molecule has 1 amide bonds. The molecule has 1 aromatic carbocycles. The van der Waals surface area contributed by atoms with E-state index >= 15 is 0 Å². The van der Waals surface area contributed by atoms with E-state index in [2.05, 4.69) is 22.5 Å². The highest BCUT2D eigenvalue weighted by atomic mass is 16.1. The number of hydrogen-bond donors (Lipinski definition) is 3. The van der Waals surface area contributed by atoms with E-state index in [4.69, 9.17) is 5.73 Å². The second-order valence-electron chi connectivity index (χ2n) is 5.86. The van der Waals surface area contributed by atoms with Crippen LogP contribution in [0.3, 0.4) is 0 Å². The monoisotopic (exact) mass is 284 g/mol. The number of piperidine rings is 1. The van der Waals surface area contributed by atoms with Crippen molar-refractivity contribution in [3.63, 3.8) is 0 Å². The average Bonchev–Trinajstić information content (AvgIpc) is 2.47. The molecule has 1 aromatic heterocycles. The average molecular weight is 284 g/mol. The Hall–Kier alpha value is -2.14. The highest BCUT2D eigenvalue weighted by Gasteiger charge is 2.28. The van der Waals surface area contributed by atoms with Gasteiger partial charge in [0.1, 0.15) is 0 Å². The van der Waals surface area contributed by atoms with Crippen LogP contribution in [0.2, 0.25) is 0 Å². The Morgan fingerprint density at radius 2 is 2.05 bits per heavy atom. The number of anilines is 1. The van der Waals surface area contributed by atoms with Gasteiger partial charge in [-0.25, -0.2) is 0 Å². The van der Waals surface area contributed by atoms with Crippen molar-refractivity contribution >= 4 is 22.5 Å². The number of fused-ring (bicyclic) bond motifs is 1. The summed E-state index contributed by atoms with van der Waals surface area (Å²) in [6.45, 7) is 4.13. The molecule has 3 rings (SSSR count). The number of hydrogen-bond acceptors (Lipinski definition) is 4. The molecule has 1 saturated heterocycles. The lowest BCUT2D eigenvalue weighted by molar-refractivity contribution is 0.100. The maximum Gasteiger partial charge on any atom is 0.252 e. The van der Waals surface area contributed by atoms with Crippen molar-refractivity contribution in [3.8, 4) is 0 Å². The fraction of sp³-hybridized carbons (Fsp3) is 0.375. The first kappa shape index (κ1) is 13.8. The van der Waals surface area contributed by atoms with E-state index in [1.807, 2.05) is 24.3 Å². The molecule has 1 fully saturated rings. The third kappa shape index (κ3) is 2.69. The van der Waals surface area contributed by atoms with Crippen molar-refractivity contribution in [2.45, 2.75) is 25.3 Å². The summed E-state index contributed by atoms with van der Waals surface area (Å²) in [7, 11) is 0. The highest BCUT2D eigenvalue weighted by molar-refractivity contribution is 6.06. The number of para-hydroxylation sites is 1. The zero-order valence-electron chi connectivity index (χ0n) is 12.1. The van der Waals surface area contributed by atoms with Gasteiger partial charge in [-0.15, -0.1) is 0 Å². The predicted octanol–water partition coefficient (Wildman–Crippen LogP) is 1.89. The van der Waals surface area contributed by atoms with Crippen molar-refractivity contribution < 1.29 is 4.79 Å². The van der Waals surface area contributed by atoms with Gasteiger partial charge >= 0.3 is 0 Å². The van der Waals surface area contributed by atoms with E-state index in [9.17, 15) is 4.79 Å². The van der Waals surface area contributed by atoms with Gasteiger partial charge < -0.3 is 16.4 Å². The molecule has 0 unspecified atom stereocenters. The number of aromatic nitrogens is 1. The van der Waals surface area contributed by atoms with E-state index in [-0.39, 0.29) is 5.54 Å². The second kappa shape index (κ2) is 5.33. The van der Waals surface area contributed by atoms with Gasteiger partial charge in [-0.05, 0) is 38.9 Å². The van der Waals surface area contributed by atoms with Crippen LogP contribution in [0.1, 0.15) is 30.1 Å². The van der Waals surface area contributed by atoms with E-state index in [0.29, 0.717) is 5.56 Å². The lowest BCUT2D eigenvalue weighted by Crippen LogP contribution is -2.45. The smallest absolute Gasteiger partial charge is 0.252 e. The Bertz CT molecular complexity index is 677. The molecule has 4 N–H and O–H groups in total. The lowest BCUT2D eigenvalue weighted by Gasteiger charge is -2.36. The number of nitrogens with zero attached hydrogens (tertiary/aromatic N) is 1. The van der Waals surface area contributed by atoms with Crippen LogP contribution in [-0.4, -0.2) is 29.5 Å². The Morgan fingerprint density at radius 3 is 2.76 bits per heavy atom. The zero-order valence-corrected chi connectivity index (χ0v) is 12.1. The first-order valence-electron chi connectivity index (χ1n) is 7.25. The van der Waals surface area contributed by atoms with Crippen LogP contribution in [0.15, 0.2) is 30.5 Å². The topological polar surface area (TPSA) is 80.0 Å². The van der Waals surface area contributed by atoms with E-state index in [1.165, 1.54) is 0 Å². The molecule has 1 aliphatic heterocycles. The van der Waals surface area contributed by atoms with Gasteiger partial charge in [0.15, 0.2) is 0 Å². The fourth-order valence-electron chi connectivity index (χ4n) is 2.87. The second-order valence-corrected chi connectivity index (χ2v) is 5.86. The third-order valence-corrected chi connectivity index (χ3v) is 4.17. The number of primary amides is 1. The summed E-state index contributed by atoms with van der Waals surface area (Å²) < 4.78 is 0. The van der Waals surface area contributed by atoms with Gasteiger partial charge in [0.2, 0.25) is 0 Å². The summed E-state index contributed by atoms with van der Waals surface area (Å²) in [6, 6.07) is 7.80. The molecular weight excluding hydrogens is 264 g/mol. The Kier molecular flexibility index (Phi) is 3.51. The largest absolute Gasteiger partial charge is 0.379 e. The van der Waals surface area contributed by atoms with E-state index in [1.54, 1.807) is 6.20 Å². The number of rotatable bonds is 3. The Balaban J connectivity index is 2.10. The molecule has 110 valence electrons. The maximum atomic E-state index is 11.7. The Labute approximate surface area is 123 Å². The van der Waals surface area contributed by atoms with Crippen LogP contribution < -0.4 is 16.4 Å². The van der Waals surface area contributed by atoms with Crippen molar-refractivity contribution in [1.29, 1.82) is 0 Å². The van der Waals surface area contributed by atoms with Crippen LogP contribution in [0.25, 0.3) is 10.9 Å². The van der Waals surface area contributed by atoms with Crippen molar-refractivity contribution in [2.24, 2.45) is 5.73 Å². The number of carbonyl (C=O) groups excluding carboxylic acids is 1. The lowest BCUT2D eigenvalue weighted by atomic mass is 9.89. The molecule has 0 bridgehead atoms. The molecule has 5 heteroatoms. The minimum Gasteiger partial charge on any atom is -0.379 e. The number of benzene rings is 1. The number of nitrogens with one attached hydrogen (secondary N) is 2. The van der Waals surface area contributed by atoms with Gasteiger partial charge in [0.25, 0.3) is 5.91 Å². The van der Waals surface area contributed by atoms with Crippen molar-refractivity contribution in [3.05, 3.63) is 36.0 Å². The molecule has 0 atom stereocenters. The zero-order chi connectivity index (χ0) is 14.9. The summed E-state index contributed by atoms with van der Waals surface area (Å²) in [5.41, 5.74) is 7.60. The van der Waals surface area contributed by atoms with Crippen LogP contribution in [0.5, 0.6) is 0 Å². The van der Waals surface area contributed by atoms with Gasteiger partial charge in [0.05, 0.1) is 16.8 Å². The Morgan fingerprint density at radius 1 is 1.33 bits per heavy atom. The number of carbonyl (C=O) groups is 1. The summed E-state index contributed by atoms with van der Waals surface area (Å²) in [5.74, 6) is -0.451. The minimum absolute atomic E-state index is 0.0421. The summed E-state index contributed by atoms with van der Waals surface area (Å²) >= 11 is 0. The summed E-state index contributed by atoms with van der Waals surface area (Å²) in [6.07, 6.45) is 3.57. The first-order chi connectivity index (χ1) is 10.1. The predicted molar refractivity (Wildman–Crippen MR) is 84.4 cm³/mol. The van der Waals surface area contributed by atoms with Gasteiger partial charge in [-0.2, -0.15) is 0 Å². The number of amides is 1. The van der Waals surface area contributed by atoms with Crippen LogP contribution in [-0.2, 0) is 0 Å². The fourth-order valence-corrected chi connectivity index (χ4v) is 2.87. The molecule has 2 heterocycles. The van der Waals surface area contributed by atoms with Crippen molar-refractivity contribution in [1.82, 2.24) is 10.3 Å². The minimum atomic E-state index is -0.451. The molecule has 21 heavy (non-hydrogen) atoms. The molecule has 0 radical (unpaired) electrons. The van der Waals surface area contributed by atoms with Gasteiger partial charge in [-0.1, -0.05) is 18.2 Å².